The van der Waals surface area contributed by atoms with E-state index in [1.807, 2.05) is 6.92 Å². The van der Waals surface area contributed by atoms with E-state index in [1.165, 1.54) is 0 Å². The van der Waals surface area contributed by atoms with Crippen LogP contribution in [0.3, 0.4) is 0 Å². The fourth-order valence-corrected chi connectivity index (χ4v) is 0.206. The highest BCUT2D eigenvalue weighted by Gasteiger charge is 1.66. The van der Waals surface area contributed by atoms with Gasteiger partial charge in [0.1, 0.15) is 0 Å². The van der Waals surface area contributed by atoms with Gasteiger partial charge in [-0.05, 0) is 18.9 Å². The third-order valence-corrected chi connectivity index (χ3v) is 0.432. The van der Waals surface area contributed by atoms with Crippen molar-refractivity contribution in [2.24, 2.45) is 4.99 Å². The van der Waals surface area contributed by atoms with Gasteiger partial charge in [0.25, 0.3) is 0 Å². The molecule has 0 aliphatic rings. The van der Waals surface area contributed by atoms with Crippen LogP contribution in [-0.2, 0) is 0 Å². The van der Waals surface area contributed by atoms with Gasteiger partial charge >= 0.3 is 0 Å². The van der Waals surface area contributed by atoms with Gasteiger partial charge in [-0.1, -0.05) is 0 Å². The maximum atomic E-state index is 8.15. The number of aliphatic hydroxyl groups is 1. The van der Waals surface area contributed by atoms with Gasteiger partial charge in [0.05, 0.1) is 13.2 Å². The Morgan fingerprint density at radius 1 is 1.86 bits per heavy atom. The second kappa shape index (κ2) is 5.41. The summed E-state index contributed by atoms with van der Waals surface area (Å²) in [7, 11) is 0. The minimum absolute atomic E-state index is 0.112. The molecule has 0 heterocycles. The second-order valence-electron chi connectivity index (χ2n) is 1.02. The van der Waals surface area contributed by atoms with Crippen molar-refractivity contribution in [1.29, 1.82) is 0 Å². The van der Waals surface area contributed by atoms with Gasteiger partial charge < -0.3 is 5.11 Å². The maximum absolute atomic E-state index is 8.15. The van der Waals surface area contributed by atoms with Crippen LogP contribution in [0.2, 0.25) is 0 Å². The third kappa shape index (κ3) is 5.41. The average Bonchev–Trinajstić information content (AvgIpc) is 1.69. The van der Waals surface area contributed by atoms with Crippen molar-refractivity contribution < 1.29 is 5.11 Å². The largest absolute Gasteiger partial charge is 0.394 e. The molecular formula is C5H9NO. The van der Waals surface area contributed by atoms with Crippen LogP contribution in [0.4, 0.5) is 0 Å². The zero-order valence-corrected chi connectivity index (χ0v) is 4.39. The number of aliphatic hydroxyl groups excluding tert-OH is 1. The van der Waals surface area contributed by atoms with E-state index in [2.05, 4.69) is 10.9 Å². The normalized spacial score (nSPS) is 7.14. The molecule has 0 radical (unpaired) electrons. The molecule has 0 fully saturated rings. The number of hydrogen-bond donors (Lipinski definition) is 1. The first kappa shape index (κ1) is 6.41. The summed E-state index contributed by atoms with van der Waals surface area (Å²) in [6.45, 7) is 2.41. The molecule has 0 aliphatic heterocycles. The minimum Gasteiger partial charge on any atom is -0.394 e. The van der Waals surface area contributed by atoms with Crippen LogP contribution in [-0.4, -0.2) is 24.1 Å². The molecule has 0 aromatic carbocycles. The van der Waals surface area contributed by atoms with Crippen molar-refractivity contribution in [1.82, 2.24) is 0 Å². The van der Waals surface area contributed by atoms with Crippen LogP contribution in [0.5, 0.6) is 0 Å². The lowest BCUT2D eigenvalue weighted by molar-refractivity contribution is 0.307. The molecule has 0 aliphatic carbocycles. The lowest BCUT2D eigenvalue weighted by atomic mass is 10.7. The molecule has 0 bridgehead atoms. The quantitative estimate of drug-likeness (QED) is 0.494. The van der Waals surface area contributed by atoms with Crippen molar-refractivity contribution in [2.75, 3.05) is 13.2 Å². The molecule has 0 saturated carbocycles. The van der Waals surface area contributed by atoms with Crippen molar-refractivity contribution in [3.05, 3.63) is 6.08 Å². The van der Waals surface area contributed by atoms with Gasteiger partial charge in [-0.2, -0.15) is 0 Å². The fourth-order valence-electron chi connectivity index (χ4n) is 0.206. The summed E-state index contributed by atoms with van der Waals surface area (Å²) in [6, 6.07) is 0. The molecule has 7 heavy (non-hydrogen) atoms. The fraction of sp³-hybridized carbons (Fsp3) is 0.600. The van der Waals surface area contributed by atoms with Crippen molar-refractivity contribution in [3.8, 4) is 0 Å². The number of aliphatic imine (C=N–C) groups is 1. The first-order valence-electron chi connectivity index (χ1n) is 2.22. The highest BCUT2D eigenvalue weighted by molar-refractivity contribution is 5.50. The average molecular weight is 99.1 g/mol. The Balaban J connectivity index is 3.10. The molecule has 40 valence electrons. The highest BCUT2D eigenvalue weighted by Crippen LogP contribution is 1.60. The predicted octanol–water partition coefficient (Wildman–Crippen LogP) is 0.225. The SMILES string of the molecule is CC=C=NCCO. The van der Waals surface area contributed by atoms with E-state index in [4.69, 9.17) is 5.11 Å². The van der Waals surface area contributed by atoms with Crippen LogP contribution in [0, 0.1) is 0 Å². The maximum Gasteiger partial charge on any atom is 0.0715 e. The Morgan fingerprint density at radius 3 is 3.00 bits per heavy atom. The van der Waals surface area contributed by atoms with Gasteiger partial charge in [0.2, 0.25) is 0 Å². The Kier molecular flexibility index (Phi) is 4.95. The van der Waals surface area contributed by atoms with Gasteiger partial charge in [-0.25, -0.2) is 4.99 Å². The van der Waals surface area contributed by atoms with E-state index in [1.54, 1.807) is 6.08 Å². The smallest absolute Gasteiger partial charge is 0.0715 e. The first-order valence-corrected chi connectivity index (χ1v) is 2.22. The standard InChI is InChI=1S/C5H9NO/c1-2-3-6-4-5-7/h2,7H,4-5H2,1H3. The molecule has 0 aromatic heterocycles. The minimum atomic E-state index is 0.112. The molecule has 2 heteroatoms. The zero-order chi connectivity index (χ0) is 5.54. The molecule has 0 amide bonds. The van der Waals surface area contributed by atoms with Gasteiger partial charge in [0, 0.05) is 0 Å². The summed E-state index contributed by atoms with van der Waals surface area (Å²) in [5.74, 6) is 2.59. The summed E-state index contributed by atoms with van der Waals surface area (Å²) in [4.78, 5) is 3.65. The monoisotopic (exact) mass is 99.1 g/mol. The highest BCUT2D eigenvalue weighted by atomic mass is 16.3. The second-order valence-corrected chi connectivity index (χ2v) is 1.02. The molecule has 1 N–H and O–H groups in total. The summed E-state index contributed by atoms with van der Waals surface area (Å²) >= 11 is 0. The molecule has 2 nitrogen and oxygen atoms in total. The van der Waals surface area contributed by atoms with Crippen molar-refractivity contribution in [2.45, 2.75) is 6.92 Å². The van der Waals surface area contributed by atoms with E-state index < -0.39 is 0 Å². The van der Waals surface area contributed by atoms with Crippen molar-refractivity contribution in [3.63, 3.8) is 0 Å². The molecular weight excluding hydrogens is 90.1 g/mol. The topological polar surface area (TPSA) is 32.6 Å². The van der Waals surface area contributed by atoms with E-state index >= 15 is 0 Å². The molecule has 0 rings (SSSR count). The Labute approximate surface area is 43.2 Å². The lowest BCUT2D eigenvalue weighted by Gasteiger charge is -1.75. The van der Waals surface area contributed by atoms with E-state index in [-0.39, 0.29) is 6.61 Å². The van der Waals surface area contributed by atoms with Gasteiger partial charge in [-0.3, -0.25) is 0 Å². The molecule has 0 aromatic rings. The van der Waals surface area contributed by atoms with Gasteiger partial charge in [-0.15, -0.1) is 0 Å². The van der Waals surface area contributed by atoms with Crippen LogP contribution in [0.15, 0.2) is 11.1 Å². The van der Waals surface area contributed by atoms with Crippen LogP contribution in [0.25, 0.3) is 0 Å². The summed E-state index contributed by atoms with van der Waals surface area (Å²) in [5, 5.41) is 8.15. The first-order chi connectivity index (χ1) is 3.41. The summed E-state index contributed by atoms with van der Waals surface area (Å²) in [5.41, 5.74) is 0. The lowest BCUT2D eigenvalue weighted by Crippen LogP contribution is -1.84. The van der Waals surface area contributed by atoms with Crippen LogP contribution >= 0.6 is 0 Å². The predicted molar refractivity (Wildman–Crippen MR) is 29.6 cm³/mol. The Bertz CT molecular complexity index is 82.1. The number of rotatable bonds is 2. The van der Waals surface area contributed by atoms with Crippen LogP contribution < -0.4 is 0 Å². The molecule has 0 unspecified atom stereocenters. The molecule has 0 atom stereocenters. The number of nitrogens with zero attached hydrogens (tertiary/aromatic N) is 1. The van der Waals surface area contributed by atoms with Crippen molar-refractivity contribution >= 4 is 5.87 Å². The Hall–Kier alpha value is -0.590. The van der Waals surface area contributed by atoms with E-state index in [0.717, 1.165) is 0 Å². The third-order valence-electron chi connectivity index (χ3n) is 0.432. The summed E-state index contributed by atoms with van der Waals surface area (Å²) in [6.07, 6.45) is 1.70. The van der Waals surface area contributed by atoms with E-state index in [9.17, 15) is 0 Å². The number of allylic oxidation sites excluding steroid dienone is 1. The summed E-state index contributed by atoms with van der Waals surface area (Å²) < 4.78 is 0. The molecule has 0 saturated heterocycles. The van der Waals surface area contributed by atoms with E-state index in [0.29, 0.717) is 6.54 Å². The zero-order valence-electron chi connectivity index (χ0n) is 4.39. The van der Waals surface area contributed by atoms with Gasteiger partial charge in [0.15, 0.2) is 0 Å². The number of hydrogen-bond acceptors (Lipinski definition) is 2. The molecule has 0 spiro atoms. The Morgan fingerprint density at radius 2 is 2.57 bits per heavy atom. The van der Waals surface area contributed by atoms with Crippen LogP contribution in [0.1, 0.15) is 6.92 Å².